The van der Waals surface area contributed by atoms with Crippen LogP contribution in [0.3, 0.4) is 0 Å². The van der Waals surface area contributed by atoms with Crippen LogP contribution in [0, 0.1) is 11.3 Å². The molecule has 0 rings (SSSR count). The summed E-state index contributed by atoms with van der Waals surface area (Å²) < 4.78 is 0. The monoisotopic (exact) mass is 257 g/mol. The Morgan fingerprint density at radius 1 is 1.22 bits per heavy atom. The van der Waals surface area contributed by atoms with Crippen LogP contribution in [0.15, 0.2) is 0 Å². The van der Waals surface area contributed by atoms with E-state index < -0.39 is 11.4 Å². The zero-order valence-electron chi connectivity index (χ0n) is 12.8. The second-order valence-electron chi connectivity index (χ2n) is 5.58. The SMILES string of the molecule is CCCCC(C)C(C)NCC(CC)(CC)C(=O)O. The van der Waals surface area contributed by atoms with Crippen LogP contribution in [0.1, 0.15) is 66.7 Å². The Labute approximate surface area is 112 Å². The summed E-state index contributed by atoms with van der Waals surface area (Å²) in [5.41, 5.74) is -0.598. The van der Waals surface area contributed by atoms with Gasteiger partial charge in [-0.25, -0.2) is 0 Å². The van der Waals surface area contributed by atoms with Gasteiger partial charge in [0.05, 0.1) is 5.41 Å². The molecule has 0 aromatic carbocycles. The molecule has 0 saturated carbocycles. The zero-order chi connectivity index (χ0) is 14.2. The molecular weight excluding hydrogens is 226 g/mol. The van der Waals surface area contributed by atoms with E-state index in [4.69, 9.17) is 0 Å². The van der Waals surface area contributed by atoms with Gasteiger partial charge in [0.15, 0.2) is 0 Å². The predicted octanol–water partition coefficient (Wildman–Crippen LogP) is 3.68. The van der Waals surface area contributed by atoms with E-state index in [-0.39, 0.29) is 0 Å². The lowest BCUT2D eigenvalue weighted by atomic mass is 9.82. The molecule has 2 unspecified atom stereocenters. The summed E-state index contributed by atoms with van der Waals surface area (Å²) in [6, 6.07) is 0.383. The van der Waals surface area contributed by atoms with E-state index >= 15 is 0 Å². The maximum absolute atomic E-state index is 11.4. The quantitative estimate of drug-likeness (QED) is 0.627. The van der Waals surface area contributed by atoms with Crippen molar-refractivity contribution >= 4 is 5.97 Å². The molecule has 18 heavy (non-hydrogen) atoms. The lowest BCUT2D eigenvalue weighted by molar-refractivity contribution is -0.149. The van der Waals surface area contributed by atoms with E-state index in [2.05, 4.69) is 26.1 Å². The van der Waals surface area contributed by atoms with Crippen molar-refractivity contribution in [3.05, 3.63) is 0 Å². The molecule has 2 atom stereocenters. The fraction of sp³-hybridized carbons (Fsp3) is 0.933. The molecule has 0 aliphatic heterocycles. The molecule has 0 bridgehead atoms. The minimum atomic E-state index is -0.673. The zero-order valence-corrected chi connectivity index (χ0v) is 12.8. The Kier molecular flexibility index (Phi) is 8.25. The maximum atomic E-state index is 11.4. The van der Waals surface area contributed by atoms with Gasteiger partial charge in [-0.2, -0.15) is 0 Å². The van der Waals surface area contributed by atoms with Crippen molar-refractivity contribution in [1.82, 2.24) is 5.32 Å². The van der Waals surface area contributed by atoms with Gasteiger partial charge in [-0.3, -0.25) is 4.79 Å². The van der Waals surface area contributed by atoms with E-state index in [9.17, 15) is 9.90 Å². The van der Waals surface area contributed by atoms with E-state index in [1.54, 1.807) is 0 Å². The van der Waals surface area contributed by atoms with Crippen LogP contribution < -0.4 is 5.32 Å². The molecule has 3 heteroatoms. The summed E-state index contributed by atoms with van der Waals surface area (Å²) in [5, 5.41) is 12.8. The lowest BCUT2D eigenvalue weighted by Crippen LogP contribution is -2.44. The van der Waals surface area contributed by atoms with Crippen LogP contribution in [0.2, 0.25) is 0 Å². The van der Waals surface area contributed by atoms with Gasteiger partial charge in [0.25, 0.3) is 0 Å². The summed E-state index contributed by atoms with van der Waals surface area (Å²) in [5.74, 6) is -0.0708. The molecule has 0 spiro atoms. The van der Waals surface area contributed by atoms with E-state index in [1.165, 1.54) is 19.3 Å². The summed E-state index contributed by atoms with van der Waals surface area (Å²) in [6.45, 7) is 11.1. The highest BCUT2D eigenvalue weighted by atomic mass is 16.4. The number of unbranched alkanes of at least 4 members (excludes halogenated alkanes) is 1. The Morgan fingerprint density at radius 3 is 2.17 bits per heavy atom. The molecule has 0 amide bonds. The van der Waals surface area contributed by atoms with Crippen molar-refractivity contribution in [2.24, 2.45) is 11.3 Å². The Bertz CT molecular complexity index is 237. The third kappa shape index (κ3) is 4.97. The van der Waals surface area contributed by atoms with Crippen LogP contribution in [0.25, 0.3) is 0 Å². The number of carbonyl (C=O) groups is 1. The average molecular weight is 257 g/mol. The molecule has 108 valence electrons. The highest BCUT2D eigenvalue weighted by Gasteiger charge is 2.35. The van der Waals surface area contributed by atoms with Gasteiger partial charge in [-0.15, -0.1) is 0 Å². The summed E-state index contributed by atoms with van der Waals surface area (Å²) >= 11 is 0. The number of aliphatic carboxylic acids is 1. The van der Waals surface area contributed by atoms with Gasteiger partial charge in [0.1, 0.15) is 0 Å². The van der Waals surface area contributed by atoms with Crippen molar-refractivity contribution in [3.63, 3.8) is 0 Å². The Balaban J connectivity index is 4.31. The first-order valence-electron chi connectivity index (χ1n) is 7.40. The van der Waals surface area contributed by atoms with Crippen molar-refractivity contribution in [2.45, 2.75) is 72.8 Å². The summed E-state index contributed by atoms with van der Waals surface area (Å²) in [4.78, 5) is 11.4. The van der Waals surface area contributed by atoms with Crippen molar-refractivity contribution in [1.29, 1.82) is 0 Å². The molecular formula is C15H31NO2. The lowest BCUT2D eigenvalue weighted by Gasteiger charge is -2.30. The first kappa shape index (κ1) is 17.4. The van der Waals surface area contributed by atoms with Crippen molar-refractivity contribution < 1.29 is 9.90 Å². The van der Waals surface area contributed by atoms with E-state index in [0.717, 1.165) is 0 Å². The topological polar surface area (TPSA) is 49.3 Å². The average Bonchev–Trinajstić information content (AvgIpc) is 2.36. The molecule has 0 aromatic rings. The van der Waals surface area contributed by atoms with E-state index in [0.29, 0.717) is 31.3 Å². The van der Waals surface area contributed by atoms with Crippen molar-refractivity contribution in [2.75, 3.05) is 6.54 Å². The third-order valence-electron chi connectivity index (χ3n) is 4.44. The van der Waals surface area contributed by atoms with Crippen LogP contribution in [-0.2, 0) is 4.79 Å². The van der Waals surface area contributed by atoms with Gasteiger partial charge in [-0.1, -0.05) is 40.5 Å². The highest BCUT2D eigenvalue weighted by molar-refractivity contribution is 5.74. The largest absolute Gasteiger partial charge is 0.481 e. The summed E-state index contributed by atoms with van der Waals surface area (Å²) in [7, 11) is 0. The number of hydrogen-bond acceptors (Lipinski definition) is 2. The van der Waals surface area contributed by atoms with Crippen LogP contribution in [-0.4, -0.2) is 23.7 Å². The molecule has 3 nitrogen and oxygen atoms in total. The summed E-state index contributed by atoms with van der Waals surface area (Å²) in [6.07, 6.45) is 5.05. The smallest absolute Gasteiger partial charge is 0.310 e. The van der Waals surface area contributed by atoms with Crippen molar-refractivity contribution in [3.8, 4) is 0 Å². The fourth-order valence-corrected chi connectivity index (χ4v) is 2.21. The minimum Gasteiger partial charge on any atom is -0.481 e. The highest BCUT2D eigenvalue weighted by Crippen LogP contribution is 2.26. The normalized spacial score (nSPS) is 15.4. The molecule has 2 N–H and O–H groups in total. The van der Waals surface area contributed by atoms with Gasteiger partial charge >= 0.3 is 5.97 Å². The number of carboxylic acids is 1. The second kappa shape index (κ2) is 8.52. The van der Waals surface area contributed by atoms with Gasteiger partial charge in [-0.05, 0) is 32.1 Å². The minimum absolute atomic E-state index is 0.383. The Hall–Kier alpha value is -0.570. The molecule has 0 heterocycles. The predicted molar refractivity (Wildman–Crippen MR) is 76.8 cm³/mol. The van der Waals surface area contributed by atoms with Gasteiger partial charge < -0.3 is 10.4 Å². The molecule has 0 fully saturated rings. The first-order valence-corrected chi connectivity index (χ1v) is 7.40. The van der Waals surface area contributed by atoms with Crippen LogP contribution >= 0.6 is 0 Å². The standard InChI is InChI=1S/C15H31NO2/c1-6-9-10-12(4)13(5)16-11-15(7-2,8-3)14(17)18/h12-13,16H,6-11H2,1-5H3,(H,17,18). The third-order valence-corrected chi connectivity index (χ3v) is 4.44. The van der Waals surface area contributed by atoms with Gasteiger partial charge in [0.2, 0.25) is 0 Å². The number of rotatable bonds is 10. The molecule has 0 radical (unpaired) electrons. The number of carboxylic acid groups (broad SMARTS) is 1. The number of hydrogen-bond donors (Lipinski definition) is 2. The fourth-order valence-electron chi connectivity index (χ4n) is 2.21. The van der Waals surface area contributed by atoms with Crippen LogP contribution in [0.4, 0.5) is 0 Å². The molecule has 0 aromatic heterocycles. The molecule has 0 saturated heterocycles. The van der Waals surface area contributed by atoms with Crippen LogP contribution in [0.5, 0.6) is 0 Å². The number of nitrogens with one attached hydrogen (secondary N) is 1. The maximum Gasteiger partial charge on any atom is 0.310 e. The molecule has 0 aliphatic rings. The Morgan fingerprint density at radius 2 is 1.78 bits per heavy atom. The first-order chi connectivity index (χ1) is 8.43. The second-order valence-corrected chi connectivity index (χ2v) is 5.58. The van der Waals surface area contributed by atoms with E-state index in [1.807, 2.05) is 13.8 Å². The van der Waals surface area contributed by atoms with Gasteiger partial charge in [0, 0.05) is 12.6 Å². The molecule has 0 aliphatic carbocycles.